The Kier molecular flexibility index (Phi) is 4.14. The fourth-order valence-electron chi connectivity index (χ4n) is 1.15. The summed E-state index contributed by atoms with van der Waals surface area (Å²) in [7, 11) is 0. The van der Waals surface area contributed by atoms with E-state index in [2.05, 4.69) is 0 Å². The Morgan fingerprint density at radius 1 is 1.77 bits per heavy atom. The Labute approximate surface area is 76.8 Å². The largest absolute Gasteiger partial charge is 0.480 e. The molecule has 0 bridgehead atoms. The molecule has 1 heterocycles. The number of aliphatic carboxylic acids is 1. The molecule has 0 aromatic heterocycles. The third kappa shape index (κ3) is 3.71. The van der Waals surface area contributed by atoms with Gasteiger partial charge in [-0.1, -0.05) is 0 Å². The van der Waals surface area contributed by atoms with Crippen LogP contribution in [0, 0.1) is 0 Å². The fourth-order valence-corrected chi connectivity index (χ4v) is 1.15. The second-order valence-corrected chi connectivity index (χ2v) is 3.12. The highest BCUT2D eigenvalue weighted by Gasteiger charge is 2.18. The molecule has 1 aliphatic heterocycles. The first-order valence-corrected chi connectivity index (χ1v) is 4.38. The van der Waals surface area contributed by atoms with Crippen molar-refractivity contribution in [2.75, 3.05) is 19.8 Å². The maximum Gasteiger partial charge on any atom is 0.322 e. The minimum atomic E-state index is -1.03. The normalized spacial score (nSPS) is 25.5. The first-order valence-electron chi connectivity index (χ1n) is 4.38. The Hall–Kier alpha value is -0.650. The summed E-state index contributed by atoms with van der Waals surface area (Å²) in [5.41, 5.74) is 5.27. The molecule has 0 aromatic rings. The molecule has 1 unspecified atom stereocenters. The van der Waals surface area contributed by atoms with Crippen molar-refractivity contribution in [1.29, 1.82) is 0 Å². The molecule has 13 heavy (non-hydrogen) atoms. The van der Waals surface area contributed by atoms with E-state index < -0.39 is 12.0 Å². The standard InChI is InChI=1S/C8H15NO4/c9-7(8(10)11)5-13-6-2-1-3-12-4-6/h6-7H,1-5,9H2,(H,10,11)/t6?,7-/m1/s1. The third-order valence-corrected chi connectivity index (χ3v) is 1.95. The zero-order valence-electron chi connectivity index (χ0n) is 7.44. The molecule has 76 valence electrons. The van der Waals surface area contributed by atoms with E-state index in [-0.39, 0.29) is 12.7 Å². The number of rotatable bonds is 4. The topological polar surface area (TPSA) is 81.8 Å². The second-order valence-electron chi connectivity index (χ2n) is 3.12. The van der Waals surface area contributed by atoms with Crippen LogP contribution in [-0.4, -0.2) is 43.0 Å². The number of nitrogens with two attached hydrogens (primary N) is 1. The highest BCUT2D eigenvalue weighted by atomic mass is 16.5. The van der Waals surface area contributed by atoms with Crippen molar-refractivity contribution < 1.29 is 19.4 Å². The Morgan fingerprint density at radius 3 is 3.08 bits per heavy atom. The van der Waals surface area contributed by atoms with Crippen molar-refractivity contribution in [3.63, 3.8) is 0 Å². The van der Waals surface area contributed by atoms with Gasteiger partial charge in [0, 0.05) is 6.61 Å². The molecule has 0 aliphatic carbocycles. The fraction of sp³-hybridized carbons (Fsp3) is 0.875. The monoisotopic (exact) mass is 189 g/mol. The van der Waals surface area contributed by atoms with E-state index in [4.69, 9.17) is 20.3 Å². The molecule has 1 aliphatic rings. The lowest BCUT2D eigenvalue weighted by Crippen LogP contribution is -2.38. The minimum Gasteiger partial charge on any atom is -0.480 e. The molecule has 2 atom stereocenters. The van der Waals surface area contributed by atoms with Crippen LogP contribution >= 0.6 is 0 Å². The summed E-state index contributed by atoms with van der Waals surface area (Å²) in [6.07, 6.45) is 1.90. The predicted octanol–water partition coefficient (Wildman–Crippen LogP) is -0.406. The van der Waals surface area contributed by atoms with Crippen LogP contribution in [0.2, 0.25) is 0 Å². The summed E-state index contributed by atoms with van der Waals surface area (Å²) >= 11 is 0. The van der Waals surface area contributed by atoms with E-state index in [1.807, 2.05) is 0 Å². The highest BCUT2D eigenvalue weighted by Crippen LogP contribution is 2.09. The van der Waals surface area contributed by atoms with E-state index in [9.17, 15) is 4.79 Å². The molecule has 0 aromatic carbocycles. The van der Waals surface area contributed by atoms with Crippen LogP contribution in [0.4, 0.5) is 0 Å². The van der Waals surface area contributed by atoms with Crippen LogP contribution in [0.15, 0.2) is 0 Å². The smallest absolute Gasteiger partial charge is 0.322 e. The maximum absolute atomic E-state index is 10.3. The summed E-state index contributed by atoms with van der Waals surface area (Å²) < 4.78 is 10.4. The van der Waals surface area contributed by atoms with Crippen LogP contribution < -0.4 is 5.73 Å². The molecule has 1 fully saturated rings. The lowest BCUT2D eigenvalue weighted by molar-refractivity contribution is -0.141. The van der Waals surface area contributed by atoms with Crippen molar-refractivity contribution in [3.8, 4) is 0 Å². The number of hydrogen-bond donors (Lipinski definition) is 2. The average Bonchev–Trinajstić information content (AvgIpc) is 2.15. The van der Waals surface area contributed by atoms with Gasteiger partial charge in [0.1, 0.15) is 6.04 Å². The number of carbonyl (C=O) groups is 1. The van der Waals surface area contributed by atoms with Gasteiger partial charge in [-0.05, 0) is 12.8 Å². The Balaban J connectivity index is 2.13. The number of ether oxygens (including phenoxy) is 2. The first kappa shape index (κ1) is 10.4. The molecule has 0 spiro atoms. The molecule has 5 nitrogen and oxygen atoms in total. The van der Waals surface area contributed by atoms with Crippen molar-refractivity contribution in [2.24, 2.45) is 5.73 Å². The van der Waals surface area contributed by atoms with Crippen molar-refractivity contribution in [1.82, 2.24) is 0 Å². The zero-order valence-corrected chi connectivity index (χ0v) is 7.44. The molecule has 3 N–H and O–H groups in total. The van der Waals surface area contributed by atoms with Gasteiger partial charge in [0.2, 0.25) is 0 Å². The Morgan fingerprint density at radius 2 is 2.54 bits per heavy atom. The van der Waals surface area contributed by atoms with Crippen LogP contribution in [0.3, 0.4) is 0 Å². The molecule has 0 radical (unpaired) electrons. The van der Waals surface area contributed by atoms with E-state index in [0.717, 1.165) is 19.4 Å². The van der Waals surface area contributed by atoms with Gasteiger partial charge in [0.25, 0.3) is 0 Å². The van der Waals surface area contributed by atoms with Crippen molar-refractivity contribution in [3.05, 3.63) is 0 Å². The molecular weight excluding hydrogens is 174 g/mol. The van der Waals surface area contributed by atoms with E-state index in [1.165, 1.54) is 0 Å². The van der Waals surface area contributed by atoms with Crippen LogP contribution in [0.5, 0.6) is 0 Å². The van der Waals surface area contributed by atoms with Crippen LogP contribution in [0.1, 0.15) is 12.8 Å². The zero-order chi connectivity index (χ0) is 9.68. The molecular formula is C8H15NO4. The number of carboxylic acids is 1. The average molecular weight is 189 g/mol. The highest BCUT2D eigenvalue weighted by molar-refractivity contribution is 5.73. The lowest BCUT2D eigenvalue weighted by Gasteiger charge is -2.23. The van der Waals surface area contributed by atoms with Gasteiger partial charge in [-0.3, -0.25) is 4.79 Å². The molecule has 0 amide bonds. The van der Waals surface area contributed by atoms with Crippen LogP contribution in [0.25, 0.3) is 0 Å². The predicted molar refractivity (Wildman–Crippen MR) is 45.4 cm³/mol. The second kappa shape index (κ2) is 5.16. The molecule has 1 rings (SSSR count). The van der Waals surface area contributed by atoms with Gasteiger partial charge in [-0.15, -0.1) is 0 Å². The number of hydrogen-bond acceptors (Lipinski definition) is 4. The molecule has 5 heteroatoms. The van der Waals surface area contributed by atoms with Crippen molar-refractivity contribution in [2.45, 2.75) is 25.0 Å². The molecule has 1 saturated heterocycles. The lowest BCUT2D eigenvalue weighted by atomic mass is 10.2. The third-order valence-electron chi connectivity index (χ3n) is 1.95. The van der Waals surface area contributed by atoms with Gasteiger partial charge < -0.3 is 20.3 Å². The first-order chi connectivity index (χ1) is 6.20. The number of carboxylic acid groups (broad SMARTS) is 1. The Bertz CT molecular complexity index is 168. The van der Waals surface area contributed by atoms with Gasteiger partial charge in [0.15, 0.2) is 0 Å². The quantitative estimate of drug-likeness (QED) is 0.628. The van der Waals surface area contributed by atoms with E-state index >= 15 is 0 Å². The van der Waals surface area contributed by atoms with Gasteiger partial charge in [-0.25, -0.2) is 0 Å². The summed E-state index contributed by atoms with van der Waals surface area (Å²) in [6.45, 7) is 1.38. The maximum atomic E-state index is 10.3. The van der Waals surface area contributed by atoms with Gasteiger partial charge >= 0.3 is 5.97 Å². The summed E-state index contributed by atoms with van der Waals surface area (Å²) in [4.78, 5) is 10.3. The van der Waals surface area contributed by atoms with Crippen LogP contribution in [-0.2, 0) is 14.3 Å². The summed E-state index contributed by atoms with van der Waals surface area (Å²) in [5.74, 6) is -1.03. The van der Waals surface area contributed by atoms with Crippen molar-refractivity contribution >= 4 is 5.97 Å². The molecule has 0 saturated carbocycles. The SMILES string of the molecule is N[C@H](COC1CCCOC1)C(=O)O. The van der Waals surface area contributed by atoms with Gasteiger partial charge in [-0.2, -0.15) is 0 Å². The summed E-state index contributed by atoms with van der Waals surface area (Å²) in [6, 6.07) is -0.929. The van der Waals surface area contributed by atoms with Gasteiger partial charge in [0.05, 0.1) is 19.3 Å². The van der Waals surface area contributed by atoms with E-state index in [1.54, 1.807) is 0 Å². The minimum absolute atomic E-state index is 0.0131. The summed E-state index contributed by atoms with van der Waals surface area (Å²) in [5, 5.41) is 8.48. The van der Waals surface area contributed by atoms with E-state index in [0.29, 0.717) is 6.61 Å².